The van der Waals surface area contributed by atoms with E-state index in [1.807, 2.05) is 13.1 Å². The second-order valence-electron chi connectivity index (χ2n) is 1.86. The van der Waals surface area contributed by atoms with E-state index in [0.717, 1.165) is 0 Å². The summed E-state index contributed by atoms with van der Waals surface area (Å²) in [4.78, 5) is 8.85. The first-order chi connectivity index (χ1) is 2.56. The van der Waals surface area contributed by atoms with E-state index in [-0.39, 0.29) is 0 Å². The molecule has 0 aliphatic carbocycles. The molecule has 0 aliphatic rings. The van der Waals surface area contributed by atoms with Crippen molar-refractivity contribution in [2.24, 2.45) is 0 Å². The van der Waals surface area contributed by atoms with Crippen molar-refractivity contribution in [1.82, 2.24) is 0 Å². The lowest BCUT2D eigenvalue weighted by atomic mass is 11.3. The Morgan fingerprint density at radius 3 is 1.83 bits per heavy atom. The fourth-order valence-electron chi connectivity index (χ4n) is 0. The van der Waals surface area contributed by atoms with Crippen molar-refractivity contribution >= 4 is 8.32 Å². The molecule has 6 heavy (non-hydrogen) atoms. The van der Waals surface area contributed by atoms with Crippen LogP contribution >= 0.6 is 0 Å². The first-order valence-electron chi connectivity index (χ1n) is 1.92. The van der Waals surface area contributed by atoms with E-state index in [0.29, 0.717) is 0 Å². The van der Waals surface area contributed by atoms with Gasteiger partial charge >= 0.3 is 0 Å². The highest BCUT2D eigenvalue weighted by Gasteiger charge is 2.07. The van der Waals surface area contributed by atoms with Crippen molar-refractivity contribution in [1.29, 1.82) is 0 Å². The fourth-order valence-corrected chi connectivity index (χ4v) is 0. The Kier molecular flexibility index (Phi) is 1.55. The molecule has 0 aromatic heterocycles. The van der Waals surface area contributed by atoms with Gasteiger partial charge in [0.15, 0.2) is 0 Å². The molecule has 0 radical (unpaired) electrons. The summed E-state index contributed by atoms with van der Waals surface area (Å²) in [6.45, 7) is 7.08. The van der Waals surface area contributed by atoms with Crippen LogP contribution in [-0.4, -0.2) is 13.1 Å². The van der Waals surface area contributed by atoms with Crippen LogP contribution in [0.3, 0.4) is 0 Å². The maximum Gasteiger partial charge on any atom is 0.206 e. The van der Waals surface area contributed by atoms with E-state index < -0.39 is 8.32 Å². The summed E-state index contributed by atoms with van der Waals surface area (Å²) in [5, 5.41) is 0. The third kappa shape index (κ3) is 3.92. The predicted octanol–water partition coefficient (Wildman–Crippen LogP) is 0.909. The molecule has 0 spiro atoms. The average molecular weight is 102 g/mol. The summed E-state index contributed by atoms with van der Waals surface area (Å²) < 4.78 is 0. The van der Waals surface area contributed by atoms with E-state index >= 15 is 0 Å². The van der Waals surface area contributed by atoms with Gasteiger partial charge in [0.2, 0.25) is 8.32 Å². The molecule has 0 aliphatic heterocycles. The zero-order valence-corrected chi connectivity index (χ0v) is 5.23. The van der Waals surface area contributed by atoms with E-state index in [1.54, 1.807) is 5.70 Å². The van der Waals surface area contributed by atoms with Crippen LogP contribution in [0.5, 0.6) is 0 Å². The van der Waals surface area contributed by atoms with Gasteiger partial charge in [0, 0.05) is 0 Å². The molecule has 0 heterocycles. The smallest absolute Gasteiger partial charge is 0.206 e. The Balaban J connectivity index is 3.45. The van der Waals surface area contributed by atoms with Gasteiger partial charge in [0.1, 0.15) is 0 Å². The van der Waals surface area contributed by atoms with E-state index in [4.69, 9.17) is 4.80 Å². The monoisotopic (exact) mass is 102 g/mol. The van der Waals surface area contributed by atoms with Gasteiger partial charge in [-0.2, -0.15) is 0 Å². The second-order valence-corrected chi connectivity index (χ2v) is 5.57. The van der Waals surface area contributed by atoms with Gasteiger partial charge in [-0.3, -0.25) is 0 Å². The molecule has 0 fully saturated rings. The number of hydrogen-bond donors (Lipinski definition) is 1. The quantitative estimate of drug-likeness (QED) is 0.488. The number of hydrogen-bond acceptors (Lipinski definition) is 1. The second kappa shape index (κ2) is 1.58. The molecular weight excluding hydrogens is 92.1 g/mol. The Morgan fingerprint density at radius 1 is 1.67 bits per heavy atom. The summed E-state index contributed by atoms with van der Waals surface area (Å²) in [5.41, 5.74) is 1.63. The van der Waals surface area contributed by atoms with Crippen LogP contribution in [0, 0.1) is 0 Å². The first-order valence-corrected chi connectivity index (χ1v) is 4.95. The van der Waals surface area contributed by atoms with E-state index in [2.05, 4.69) is 6.58 Å². The van der Waals surface area contributed by atoms with Crippen LogP contribution in [0.2, 0.25) is 13.1 Å². The zero-order valence-electron chi connectivity index (χ0n) is 4.23. The molecule has 0 saturated carbocycles. The van der Waals surface area contributed by atoms with Crippen LogP contribution in [-0.2, 0) is 0 Å². The zero-order chi connectivity index (χ0) is 5.21. The molecule has 36 valence electrons. The highest BCUT2D eigenvalue weighted by atomic mass is 28.4. The number of rotatable bonds is 1. The summed E-state index contributed by atoms with van der Waals surface area (Å²) in [6, 6.07) is 0. The first kappa shape index (κ1) is 5.92. The normalized spacial score (nSPS) is 11.2. The van der Waals surface area contributed by atoms with E-state index in [1.165, 1.54) is 0 Å². The molecule has 0 atom stereocenters. The van der Waals surface area contributed by atoms with Crippen molar-refractivity contribution in [3.05, 3.63) is 12.3 Å². The van der Waals surface area contributed by atoms with Crippen molar-refractivity contribution in [3.63, 3.8) is 0 Å². The van der Waals surface area contributed by atoms with Crippen LogP contribution in [0.25, 0.3) is 0 Å². The molecule has 2 heteroatoms. The van der Waals surface area contributed by atoms with Gasteiger partial charge in [-0.15, -0.1) is 6.58 Å². The predicted molar refractivity (Wildman–Crippen MR) is 29.9 cm³/mol. The van der Waals surface area contributed by atoms with Gasteiger partial charge in [-0.1, -0.05) is 5.70 Å². The fraction of sp³-hybridized carbons (Fsp3) is 0.500. The van der Waals surface area contributed by atoms with Gasteiger partial charge in [0.25, 0.3) is 0 Å². The van der Waals surface area contributed by atoms with Crippen molar-refractivity contribution in [2.45, 2.75) is 13.1 Å². The average Bonchev–Trinajstić information content (AvgIpc) is 1.35. The van der Waals surface area contributed by atoms with Crippen LogP contribution in [0.4, 0.5) is 0 Å². The lowest BCUT2D eigenvalue weighted by Gasteiger charge is -2.02. The van der Waals surface area contributed by atoms with Gasteiger partial charge in [-0.05, 0) is 13.1 Å². The Hall–Kier alpha value is -0.0831. The van der Waals surface area contributed by atoms with Crippen LogP contribution < -0.4 is 0 Å². The third-order valence-electron chi connectivity index (χ3n) is 0.500. The van der Waals surface area contributed by atoms with Crippen molar-refractivity contribution in [3.8, 4) is 0 Å². The molecule has 0 aromatic rings. The third-order valence-corrected chi connectivity index (χ3v) is 1.50. The molecule has 0 amide bonds. The minimum Gasteiger partial charge on any atom is -0.428 e. The lowest BCUT2D eigenvalue weighted by Crippen LogP contribution is -2.20. The Labute approximate surface area is 39.4 Å². The highest BCUT2D eigenvalue weighted by molar-refractivity contribution is 6.74. The SMILES string of the molecule is C=C[Si](C)(C)O. The molecule has 1 nitrogen and oxygen atoms in total. The minimum absolute atomic E-state index is 1.63. The lowest BCUT2D eigenvalue weighted by molar-refractivity contribution is 0.567. The molecule has 0 saturated heterocycles. The summed E-state index contributed by atoms with van der Waals surface area (Å²) >= 11 is 0. The van der Waals surface area contributed by atoms with Crippen LogP contribution in [0.1, 0.15) is 0 Å². The molecule has 0 bridgehead atoms. The Bertz CT molecular complexity index is 53.1. The highest BCUT2D eigenvalue weighted by Crippen LogP contribution is 1.92. The molecule has 1 N–H and O–H groups in total. The molecule has 0 aromatic carbocycles. The largest absolute Gasteiger partial charge is 0.428 e. The van der Waals surface area contributed by atoms with E-state index in [9.17, 15) is 0 Å². The molecule has 0 unspecified atom stereocenters. The topological polar surface area (TPSA) is 20.2 Å². The molecule has 0 rings (SSSR count). The summed E-state index contributed by atoms with van der Waals surface area (Å²) in [7, 11) is -1.87. The van der Waals surface area contributed by atoms with Crippen molar-refractivity contribution < 1.29 is 4.80 Å². The van der Waals surface area contributed by atoms with Gasteiger partial charge in [0.05, 0.1) is 0 Å². The van der Waals surface area contributed by atoms with Crippen LogP contribution in [0.15, 0.2) is 12.3 Å². The van der Waals surface area contributed by atoms with Crippen molar-refractivity contribution in [2.75, 3.05) is 0 Å². The summed E-state index contributed by atoms with van der Waals surface area (Å²) in [5.74, 6) is 0. The van der Waals surface area contributed by atoms with Gasteiger partial charge in [-0.25, -0.2) is 0 Å². The minimum atomic E-state index is -1.87. The molecular formula is C4H10OSi. The Morgan fingerprint density at radius 2 is 1.83 bits per heavy atom. The maximum absolute atomic E-state index is 8.85. The summed E-state index contributed by atoms with van der Waals surface area (Å²) in [6.07, 6.45) is 0. The standard InChI is InChI=1S/C4H10OSi/c1-4-6(2,3)5/h4-5H,1H2,2-3H3. The van der Waals surface area contributed by atoms with Gasteiger partial charge < -0.3 is 4.80 Å². The maximum atomic E-state index is 8.85.